The number of benzene rings is 2. The number of likely N-dealkylation sites (tertiary alicyclic amines) is 1. The van der Waals surface area contributed by atoms with Gasteiger partial charge in [0.25, 0.3) is 11.8 Å². The molecule has 1 aliphatic heterocycles. The lowest BCUT2D eigenvalue weighted by Crippen LogP contribution is -2.47. The average molecular weight is 473 g/mol. The molecule has 0 spiro atoms. The molecule has 0 saturated carbocycles. The molecule has 1 saturated heterocycles. The van der Waals surface area contributed by atoms with Crippen LogP contribution < -0.4 is 5.32 Å². The lowest BCUT2D eigenvalue weighted by molar-refractivity contribution is -0.138. The van der Waals surface area contributed by atoms with Crippen LogP contribution in [0.1, 0.15) is 39.1 Å². The summed E-state index contributed by atoms with van der Waals surface area (Å²) in [6, 6.07) is 8.73. The number of hydrogen-bond donors (Lipinski definition) is 1. The molecule has 1 heterocycles. The Kier molecular flexibility index (Phi) is 6.26. The van der Waals surface area contributed by atoms with Crippen molar-refractivity contribution in [3.63, 3.8) is 0 Å². The Bertz CT molecular complexity index is 925. The van der Waals surface area contributed by atoms with E-state index in [-0.39, 0.29) is 29.2 Å². The topological polar surface area (TPSA) is 49.4 Å². The Hall–Kier alpha value is -2.42. The highest BCUT2D eigenvalue weighted by molar-refractivity contribution is 9.10. The van der Waals surface area contributed by atoms with Gasteiger partial charge in [-0.1, -0.05) is 28.1 Å². The monoisotopic (exact) mass is 472 g/mol. The minimum Gasteiger partial charge on any atom is -0.349 e. The summed E-state index contributed by atoms with van der Waals surface area (Å²) in [5.41, 5.74) is -1.47. The normalized spacial score (nSPS) is 15.3. The van der Waals surface area contributed by atoms with Crippen molar-refractivity contribution in [3.8, 4) is 0 Å². The van der Waals surface area contributed by atoms with Crippen LogP contribution in [0, 0.1) is 5.82 Å². The predicted octanol–water partition coefficient (Wildman–Crippen LogP) is 4.64. The molecule has 9 heteroatoms. The van der Waals surface area contributed by atoms with Crippen molar-refractivity contribution in [2.75, 3.05) is 13.1 Å². The molecule has 0 atom stereocenters. The van der Waals surface area contributed by atoms with Crippen molar-refractivity contribution >= 4 is 27.7 Å². The average Bonchev–Trinajstić information content (AvgIpc) is 2.67. The van der Waals surface area contributed by atoms with Crippen LogP contribution in [0.5, 0.6) is 0 Å². The molecule has 0 aliphatic carbocycles. The highest BCUT2D eigenvalue weighted by Gasteiger charge is 2.37. The number of nitrogens with zero attached hydrogens (tertiary/aromatic N) is 1. The number of piperidine rings is 1. The number of rotatable bonds is 3. The first-order valence-electron chi connectivity index (χ1n) is 8.88. The summed E-state index contributed by atoms with van der Waals surface area (Å²) in [7, 11) is 0. The molecule has 2 aromatic rings. The third kappa shape index (κ3) is 4.95. The van der Waals surface area contributed by atoms with Gasteiger partial charge in [-0.25, -0.2) is 4.39 Å². The molecule has 0 radical (unpaired) electrons. The molecule has 29 heavy (non-hydrogen) atoms. The maximum Gasteiger partial charge on any atom is 0.417 e. The van der Waals surface area contributed by atoms with E-state index in [4.69, 9.17) is 0 Å². The second kappa shape index (κ2) is 8.52. The standard InChI is InChI=1S/C20H17BrF4N2O2/c21-12-5-6-14(16(11-12)20(23,24)25)19(29)27-9-7-13(8-10-27)26-18(28)15-3-1-2-4-17(15)22/h1-6,11,13H,7-10H2,(H,26,28). The molecular formula is C20H17BrF4N2O2. The summed E-state index contributed by atoms with van der Waals surface area (Å²) in [6.07, 6.45) is -3.92. The number of hydrogen-bond acceptors (Lipinski definition) is 2. The zero-order valence-corrected chi connectivity index (χ0v) is 16.7. The SMILES string of the molecule is O=C(NC1CCN(C(=O)c2ccc(Br)cc2C(F)(F)F)CC1)c1ccccc1F. The fourth-order valence-electron chi connectivity index (χ4n) is 3.24. The zero-order chi connectivity index (χ0) is 21.2. The molecule has 4 nitrogen and oxygen atoms in total. The molecule has 2 amide bonds. The Balaban J connectivity index is 1.65. The van der Waals surface area contributed by atoms with Crippen molar-refractivity contribution in [2.45, 2.75) is 25.1 Å². The van der Waals surface area contributed by atoms with Gasteiger partial charge in [0.15, 0.2) is 0 Å². The second-order valence-electron chi connectivity index (χ2n) is 6.71. The van der Waals surface area contributed by atoms with Crippen molar-refractivity contribution in [1.82, 2.24) is 10.2 Å². The fraction of sp³-hybridized carbons (Fsp3) is 0.300. The summed E-state index contributed by atoms with van der Waals surface area (Å²) >= 11 is 3.00. The third-order valence-electron chi connectivity index (χ3n) is 4.75. The Labute approximate surface area is 173 Å². The van der Waals surface area contributed by atoms with E-state index < -0.39 is 34.9 Å². The van der Waals surface area contributed by atoms with Crippen LogP contribution in [-0.4, -0.2) is 35.8 Å². The van der Waals surface area contributed by atoms with E-state index in [0.717, 1.165) is 12.1 Å². The molecule has 0 bridgehead atoms. The molecule has 3 rings (SSSR count). The predicted molar refractivity (Wildman–Crippen MR) is 102 cm³/mol. The molecule has 0 aromatic heterocycles. The van der Waals surface area contributed by atoms with Gasteiger partial charge in [-0.15, -0.1) is 0 Å². The summed E-state index contributed by atoms with van der Waals surface area (Å²) in [5.74, 6) is -1.89. The number of alkyl halides is 3. The first kappa shape index (κ1) is 21.3. The Morgan fingerprint density at radius 1 is 1.03 bits per heavy atom. The van der Waals surface area contributed by atoms with Crippen molar-refractivity contribution in [1.29, 1.82) is 0 Å². The molecule has 154 valence electrons. The first-order valence-corrected chi connectivity index (χ1v) is 9.67. The largest absolute Gasteiger partial charge is 0.417 e. The van der Waals surface area contributed by atoms with Crippen molar-refractivity contribution < 1.29 is 27.2 Å². The van der Waals surface area contributed by atoms with E-state index in [1.165, 1.54) is 29.2 Å². The van der Waals surface area contributed by atoms with E-state index in [2.05, 4.69) is 21.2 Å². The van der Waals surface area contributed by atoms with Gasteiger partial charge in [-0.3, -0.25) is 9.59 Å². The van der Waals surface area contributed by atoms with E-state index in [9.17, 15) is 27.2 Å². The van der Waals surface area contributed by atoms with Crippen LogP contribution in [0.2, 0.25) is 0 Å². The van der Waals surface area contributed by atoms with Crippen LogP contribution in [0.4, 0.5) is 17.6 Å². The lowest BCUT2D eigenvalue weighted by Gasteiger charge is -2.33. The van der Waals surface area contributed by atoms with E-state index >= 15 is 0 Å². The summed E-state index contributed by atoms with van der Waals surface area (Å²) < 4.78 is 53.8. The molecule has 0 unspecified atom stereocenters. The minimum absolute atomic E-state index is 0.0734. The smallest absolute Gasteiger partial charge is 0.349 e. The Morgan fingerprint density at radius 3 is 2.31 bits per heavy atom. The number of nitrogens with one attached hydrogen (secondary N) is 1. The van der Waals surface area contributed by atoms with E-state index in [0.29, 0.717) is 12.8 Å². The summed E-state index contributed by atoms with van der Waals surface area (Å²) in [4.78, 5) is 26.2. The second-order valence-corrected chi connectivity index (χ2v) is 7.62. The highest BCUT2D eigenvalue weighted by Crippen LogP contribution is 2.34. The maximum atomic E-state index is 13.7. The molecule has 2 aromatic carbocycles. The zero-order valence-electron chi connectivity index (χ0n) is 15.1. The van der Waals surface area contributed by atoms with Gasteiger partial charge in [0.2, 0.25) is 0 Å². The van der Waals surface area contributed by atoms with Gasteiger partial charge in [0.1, 0.15) is 5.82 Å². The Morgan fingerprint density at radius 2 is 1.69 bits per heavy atom. The molecule has 1 N–H and O–H groups in total. The van der Waals surface area contributed by atoms with Gasteiger partial charge in [0.05, 0.1) is 16.7 Å². The van der Waals surface area contributed by atoms with Crippen LogP contribution >= 0.6 is 15.9 Å². The molecular weight excluding hydrogens is 456 g/mol. The molecule has 1 fully saturated rings. The summed E-state index contributed by atoms with van der Waals surface area (Å²) in [5, 5.41) is 2.72. The van der Waals surface area contributed by atoms with Gasteiger partial charge >= 0.3 is 6.18 Å². The number of carbonyl (C=O) groups is 2. The highest BCUT2D eigenvalue weighted by atomic mass is 79.9. The maximum absolute atomic E-state index is 13.7. The van der Waals surface area contributed by atoms with Gasteiger partial charge < -0.3 is 10.2 Å². The van der Waals surface area contributed by atoms with Crippen LogP contribution in [0.15, 0.2) is 46.9 Å². The number of carbonyl (C=O) groups excluding carboxylic acids is 2. The van der Waals surface area contributed by atoms with Crippen LogP contribution in [-0.2, 0) is 6.18 Å². The first-order chi connectivity index (χ1) is 13.7. The molecule has 1 aliphatic rings. The van der Waals surface area contributed by atoms with E-state index in [1.54, 1.807) is 6.07 Å². The third-order valence-corrected chi connectivity index (χ3v) is 5.25. The minimum atomic E-state index is -4.65. The van der Waals surface area contributed by atoms with Gasteiger partial charge in [-0.05, 0) is 43.2 Å². The number of amides is 2. The van der Waals surface area contributed by atoms with Crippen molar-refractivity contribution in [3.05, 3.63) is 69.4 Å². The van der Waals surface area contributed by atoms with Gasteiger partial charge in [-0.2, -0.15) is 13.2 Å². The number of halogens is 5. The fourth-order valence-corrected chi connectivity index (χ4v) is 3.60. The quantitative estimate of drug-likeness (QED) is 0.661. The lowest BCUT2D eigenvalue weighted by atomic mass is 10.0. The van der Waals surface area contributed by atoms with Gasteiger partial charge in [0, 0.05) is 23.6 Å². The summed E-state index contributed by atoms with van der Waals surface area (Å²) in [6.45, 7) is 0.378. The van der Waals surface area contributed by atoms with Crippen molar-refractivity contribution in [2.24, 2.45) is 0 Å². The van der Waals surface area contributed by atoms with E-state index in [1.807, 2.05) is 0 Å². The van der Waals surface area contributed by atoms with Crippen LogP contribution in [0.3, 0.4) is 0 Å². The van der Waals surface area contributed by atoms with Crippen LogP contribution in [0.25, 0.3) is 0 Å².